The Morgan fingerprint density at radius 2 is 2.00 bits per heavy atom. The summed E-state index contributed by atoms with van der Waals surface area (Å²) in [4.78, 5) is 4.09. The van der Waals surface area contributed by atoms with Crippen LogP contribution in [0.1, 0.15) is 16.7 Å². The van der Waals surface area contributed by atoms with Crippen molar-refractivity contribution in [1.82, 2.24) is 4.98 Å². The van der Waals surface area contributed by atoms with Crippen LogP contribution >= 0.6 is 0 Å². The Bertz CT molecular complexity index is 629. The van der Waals surface area contributed by atoms with Crippen LogP contribution in [0.2, 0.25) is 0 Å². The Labute approximate surface area is 106 Å². The highest BCUT2D eigenvalue weighted by Gasteiger charge is 2.10. The average molecular weight is 239 g/mol. The minimum absolute atomic E-state index is 0.324. The number of hydrogen-bond donors (Lipinski definition) is 1. The van der Waals surface area contributed by atoms with Gasteiger partial charge in [0.25, 0.3) is 0 Å². The standard InChI is InChI=1S/C14H13N3O/c1-9-5-6-17-14(12(9)8-15)18-13-4-3-11(16)7-10(13)2/h3-7H,16H2,1-2H3. The molecule has 2 rings (SSSR count). The molecule has 0 bridgehead atoms. The molecule has 1 aromatic carbocycles. The largest absolute Gasteiger partial charge is 0.437 e. The van der Waals surface area contributed by atoms with Gasteiger partial charge in [-0.05, 0) is 49.2 Å². The van der Waals surface area contributed by atoms with Crippen LogP contribution in [-0.4, -0.2) is 4.98 Å². The van der Waals surface area contributed by atoms with E-state index in [9.17, 15) is 0 Å². The fourth-order valence-electron chi connectivity index (χ4n) is 1.64. The zero-order chi connectivity index (χ0) is 13.1. The molecule has 1 aromatic heterocycles. The number of nitrogens with zero attached hydrogens (tertiary/aromatic N) is 2. The summed E-state index contributed by atoms with van der Waals surface area (Å²) in [5, 5.41) is 9.10. The van der Waals surface area contributed by atoms with Crippen LogP contribution in [0.15, 0.2) is 30.5 Å². The third-order valence-corrected chi connectivity index (χ3v) is 2.64. The van der Waals surface area contributed by atoms with Gasteiger partial charge in [0.15, 0.2) is 0 Å². The number of nitrogens with two attached hydrogens (primary N) is 1. The summed E-state index contributed by atoms with van der Waals surface area (Å²) >= 11 is 0. The number of hydrogen-bond acceptors (Lipinski definition) is 4. The van der Waals surface area contributed by atoms with Crippen LogP contribution in [-0.2, 0) is 0 Å². The molecule has 0 spiro atoms. The van der Waals surface area contributed by atoms with E-state index in [0.29, 0.717) is 22.9 Å². The van der Waals surface area contributed by atoms with Gasteiger partial charge in [-0.25, -0.2) is 4.98 Å². The monoisotopic (exact) mass is 239 g/mol. The van der Waals surface area contributed by atoms with Crippen LogP contribution in [0.3, 0.4) is 0 Å². The van der Waals surface area contributed by atoms with Crippen molar-refractivity contribution in [2.75, 3.05) is 5.73 Å². The smallest absolute Gasteiger partial charge is 0.237 e. The Balaban J connectivity index is 2.41. The second kappa shape index (κ2) is 4.76. The normalized spacial score (nSPS) is 9.83. The molecule has 0 saturated carbocycles. The number of nitrogen functional groups attached to an aromatic ring is 1. The van der Waals surface area contributed by atoms with Gasteiger partial charge in [-0.3, -0.25) is 0 Å². The second-order valence-corrected chi connectivity index (χ2v) is 4.05. The van der Waals surface area contributed by atoms with Gasteiger partial charge in [-0.15, -0.1) is 0 Å². The highest BCUT2D eigenvalue weighted by molar-refractivity contribution is 5.50. The van der Waals surface area contributed by atoms with Gasteiger partial charge < -0.3 is 10.5 Å². The van der Waals surface area contributed by atoms with E-state index in [-0.39, 0.29) is 0 Å². The second-order valence-electron chi connectivity index (χ2n) is 4.05. The summed E-state index contributed by atoms with van der Waals surface area (Å²) in [6.07, 6.45) is 1.62. The van der Waals surface area contributed by atoms with Crippen LogP contribution in [0, 0.1) is 25.2 Å². The number of anilines is 1. The lowest BCUT2D eigenvalue weighted by Gasteiger charge is -2.10. The molecule has 0 aliphatic rings. The molecule has 0 radical (unpaired) electrons. The Morgan fingerprint density at radius 3 is 2.67 bits per heavy atom. The Morgan fingerprint density at radius 1 is 1.22 bits per heavy atom. The topological polar surface area (TPSA) is 71.9 Å². The SMILES string of the molecule is Cc1cc(N)ccc1Oc1nccc(C)c1C#N. The van der Waals surface area contributed by atoms with Gasteiger partial charge in [0.1, 0.15) is 17.4 Å². The maximum Gasteiger partial charge on any atom is 0.237 e. The minimum atomic E-state index is 0.324. The third kappa shape index (κ3) is 2.25. The zero-order valence-electron chi connectivity index (χ0n) is 10.3. The molecule has 0 aliphatic heterocycles. The number of pyridine rings is 1. The molecule has 0 unspecified atom stereocenters. The molecule has 18 heavy (non-hydrogen) atoms. The van der Waals surface area contributed by atoms with Gasteiger partial charge in [-0.2, -0.15) is 5.26 Å². The zero-order valence-corrected chi connectivity index (χ0v) is 10.3. The van der Waals surface area contributed by atoms with Gasteiger partial charge in [0, 0.05) is 11.9 Å². The fourth-order valence-corrected chi connectivity index (χ4v) is 1.64. The van der Waals surface area contributed by atoms with Gasteiger partial charge in [0.05, 0.1) is 0 Å². The average Bonchev–Trinajstić information content (AvgIpc) is 2.33. The summed E-state index contributed by atoms with van der Waals surface area (Å²) in [6, 6.07) is 9.23. The van der Waals surface area contributed by atoms with Crippen molar-refractivity contribution in [1.29, 1.82) is 5.26 Å². The lowest BCUT2D eigenvalue weighted by Crippen LogP contribution is -1.96. The molecule has 2 aromatic rings. The van der Waals surface area contributed by atoms with Crippen molar-refractivity contribution in [3.8, 4) is 17.7 Å². The lowest BCUT2D eigenvalue weighted by molar-refractivity contribution is 0.457. The molecular weight excluding hydrogens is 226 g/mol. The molecule has 90 valence electrons. The van der Waals surface area contributed by atoms with Crippen molar-refractivity contribution >= 4 is 5.69 Å². The Kier molecular flexibility index (Phi) is 3.16. The van der Waals surface area contributed by atoms with E-state index >= 15 is 0 Å². The van der Waals surface area contributed by atoms with Gasteiger partial charge >= 0.3 is 0 Å². The molecule has 2 N–H and O–H groups in total. The maximum atomic E-state index is 9.10. The van der Waals surface area contributed by atoms with Gasteiger partial charge in [0.2, 0.25) is 5.88 Å². The van der Waals surface area contributed by atoms with E-state index < -0.39 is 0 Å². The predicted molar refractivity (Wildman–Crippen MR) is 69.4 cm³/mol. The van der Waals surface area contributed by atoms with Crippen molar-refractivity contribution < 1.29 is 4.74 Å². The van der Waals surface area contributed by atoms with E-state index in [2.05, 4.69) is 11.1 Å². The first-order valence-electron chi connectivity index (χ1n) is 5.51. The summed E-state index contributed by atoms with van der Waals surface area (Å²) < 4.78 is 5.68. The van der Waals surface area contributed by atoms with E-state index in [4.69, 9.17) is 15.7 Å². The lowest BCUT2D eigenvalue weighted by atomic mass is 10.1. The minimum Gasteiger partial charge on any atom is -0.437 e. The molecule has 0 amide bonds. The number of aromatic nitrogens is 1. The fraction of sp³-hybridized carbons (Fsp3) is 0.143. The number of rotatable bonds is 2. The summed E-state index contributed by atoms with van der Waals surface area (Å²) in [6.45, 7) is 3.75. The molecule has 4 nitrogen and oxygen atoms in total. The maximum absolute atomic E-state index is 9.10. The summed E-state index contributed by atoms with van der Waals surface area (Å²) in [7, 11) is 0. The number of aryl methyl sites for hydroxylation is 2. The van der Waals surface area contributed by atoms with E-state index in [1.807, 2.05) is 19.9 Å². The molecule has 0 aliphatic carbocycles. The molecule has 4 heteroatoms. The highest BCUT2D eigenvalue weighted by atomic mass is 16.5. The van der Waals surface area contributed by atoms with Crippen molar-refractivity contribution in [3.05, 3.63) is 47.2 Å². The van der Waals surface area contributed by atoms with Crippen molar-refractivity contribution in [2.24, 2.45) is 0 Å². The first kappa shape index (κ1) is 11.9. The third-order valence-electron chi connectivity index (χ3n) is 2.64. The number of ether oxygens (including phenoxy) is 1. The first-order chi connectivity index (χ1) is 8.61. The highest BCUT2D eigenvalue weighted by Crippen LogP contribution is 2.28. The van der Waals surface area contributed by atoms with Crippen LogP contribution < -0.4 is 10.5 Å². The van der Waals surface area contributed by atoms with Crippen molar-refractivity contribution in [3.63, 3.8) is 0 Å². The number of benzene rings is 1. The van der Waals surface area contributed by atoms with E-state index in [1.165, 1.54) is 0 Å². The molecule has 1 heterocycles. The first-order valence-corrected chi connectivity index (χ1v) is 5.51. The predicted octanol–water partition coefficient (Wildman–Crippen LogP) is 2.94. The van der Waals surface area contributed by atoms with Gasteiger partial charge in [-0.1, -0.05) is 0 Å². The number of nitriles is 1. The van der Waals surface area contributed by atoms with Crippen LogP contribution in [0.4, 0.5) is 5.69 Å². The Hall–Kier alpha value is -2.54. The molecule has 0 saturated heterocycles. The van der Waals surface area contributed by atoms with E-state index in [1.54, 1.807) is 24.4 Å². The summed E-state index contributed by atoms with van der Waals surface area (Å²) in [5.41, 5.74) is 8.56. The quantitative estimate of drug-likeness (QED) is 0.818. The van der Waals surface area contributed by atoms with Crippen LogP contribution in [0.25, 0.3) is 0 Å². The van der Waals surface area contributed by atoms with Crippen molar-refractivity contribution in [2.45, 2.75) is 13.8 Å². The summed E-state index contributed by atoms with van der Waals surface area (Å²) in [5.74, 6) is 0.976. The molecule has 0 atom stereocenters. The van der Waals surface area contributed by atoms with E-state index in [0.717, 1.165) is 11.1 Å². The molecular formula is C14H13N3O. The molecule has 0 fully saturated rings. The van der Waals surface area contributed by atoms with Crippen LogP contribution in [0.5, 0.6) is 11.6 Å².